The molecule has 1 aromatic heterocycles. The number of nitrogens with zero attached hydrogens (tertiary/aromatic N) is 1. The Hall–Kier alpha value is -0.990. The predicted molar refractivity (Wildman–Crippen MR) is 71.8 cm³/mol. The average Bonchev–Trinajstić information content (AvgIpc) is 2.72. The van der Waals surface area contributed by atoms with Crippen LogP contribution in [0.4, 0.5) is 0 Å². The Kier molecular flexibility index (Phi) is 3.75. The highest BCUT2D eigenvalue weighted by Crippen LogP contribution is 2.34. The highest BCUT2D eigenvalue weighted by atomic mass is 35.5. The Balaban J connectivity index is 2.58. The lowest BCUT2D eigenvalue weighted by Gasteiger charge is -2.02. The lowest BCUT2D eigenvalue weighted by molar-refractivity contribution is 0.602. The first kappa shape index (κ1) is 12.5. The average molecular weight is 282 g/mol. The van der Waals surface area contributed by atoms with Gasteiger partial charge in [0.25, 0.3) is 0 Å². The lowest BCUT2D eigenvalue weighted by Crippen LogP contribution is -1.96. The maximum absolute atomic E-state index is 11.5. The molecule has 0 radical (unpaired) electrons. The summed E-state index contributed by atoms with van der Waals surface area (Å²) in [6.07, 6.45) is 1.58. The number of halogens is 1. The summed E-state index contributed by atoms with van der Waals surface area (Å²) in [6, 6.07) is 9.41. The van der Waals surface area contributed by atoms with E-state index >= 15 is 0 Å². The molecule has 0 amide bonds. The van der Waals surface area contributed by atoms with Gasteiger partial charge in [-0.25, -0.2) is 0 Å². The van der Waals surface area contributed by atoms with Gasteiger partial charge in [-0.15, -0.1) is 0 Å². The van der Waals surface area contributed by atoms with E-state index in [9.17, 15) is 4.55 Å². The lowest BCUT2D eigenvalue weighted by atomic mass is 10.1. The van der Waals surface area contributed by atoms with Gasteiger partial charge in [-0.3, -0.25) is 0 Å². The molecule has 0 saturated heterocycles. The number of hydrogen-bond donors (Lipinski definition) is 0. The fourth-order valence-electron chi connectivity index (χ4n) is 1.53. The van der Waals surface area contributed by atoms with Gasteiger partial charge in [0.1, 0.15) is 17.9 Å². The van der Waals surface area contributed by atoms with E-state index in [-0.39, 0.29) is 0 Å². The number of benzene rings is 1. The van der Waals surface area contributed by atoms with Crippen molar-refractivity contribution >= 4 is 34.1 Å². The molecule has 0 spiro atoms. The Bertz CT molecular complexity index is 586. The normalized spacial score (nSPS) is 12.1. The molecule has 1 unspecified atom stereocenters. The van der Waals surface area contributed by atoms with Gasteiger partial charge in [-0.1, -0.05) is 35.1 Å². The number of nitriles is 1. The van der Waals surface area contributed by atoms with Crippen LogP contribution in [0.2, 0.25) is 5.02 Å². The molecule has 86 valence electrons. The number of hydrogen-bond acceptors (Lipinski definition) is 3. The van der Waals surface area contributed by atoms with E-state index in [2.05, 4.69) is 6.07 Å². The van der Waals surface area contributed by atoms with E-state index in [1.165, 1.54) is 11.3 Å². The SMILES string of the molecule is C[S+]([O-])c1scc(-c2cccc(Cl)c2)c1C#N. The molecule has 17 heavy (non-hydrogen) atoms. The van der Waals surface area contributed by atoms with E-state index in [0.717, 1.165) is 11.1 Å². The molecule has 1 aromatic carbocycles. The standard InChI is InChI=1S/C12H8ClNOS2/c1-17(15)12-10(6-14)11(7-16-12)8-3-2-4-9(13)5-8/h2-5,7H,1H3. The van der Waals surface area contributed by atoms with E-state index in [4.69, 9.17) is 16.9 Å². The van der Waals surface area contributed by atoms with E-state index in [1.807, 2.05) is 17.5 Å². The van der Waals surface area contributed by atoms with Crippen LogP contribution in [0.3, 0.4) is 0 Å². The summed E-state index contributed by atoms with van der Waals surface area (Å²) in [6.45, 7) is 0. The van der Waals surface area contributed by atoms with Crippen molar-refractivity contribution in [2.45, 2.75) is 4.21 Å². The molecule has 0 aliphatic carbocycles. The van der Waals surface area contributed by atoms with Gasteiger partial charge in [0.2, 0.25) is 4.21 Å². The third-order valence-corrected chi connectivity index (χ3v) is 4.99. The molecule has 0 aliphatic heterocycles. The first-order chi connectivity index (χ1) is 8.13. The van der Waals surface area contributed by atoms with Gasteiger partial charge < -0.3 is 4.55 Å². The van der Waals surface area contributed by atoms with Crippen molar-refractivity contribution in [2.24, 2.45) is 0 Å². The van der Waals surface area contributed by atoms with Gasteiger partial charge in [0.05, 0.1) is 0 Å². The van der Waals surface area contributed by atoms with Crippen LogP contribution in [0.5, 0.6) is 0 Å². The molecule has 1 atom stereocenters. The van der Waals surface area contributed by atoms with Crippen LogP contribution < -0.4 is 0 Å². The molecular formula is C12H8ClNOS2. The minimum absolute atomic E-state index is 0.484. The Labute approximate surface area is 112 Å². The third-order valence-electron chi connectivity index (χ3n) is 2.27. The van der Waals surface area contributed by atoms with E-state index < -0.39 is 11.2 Å². The Morgan fingerprint density at radius 2 is 2.24 bits per heavy atom. The molecule has 2 nitrogen and oxygen atoms in total. The largest absolute Gasteiger partial charge is 0.611 e. The smallest absolute Gasteiger partial charge is 0.224 e. The quantitative estimate of drug-likeness (QED) is 0.789. The summed E-state index contributed by atoms with van der Waals surface area (Å²) in [5.41, 5.74) is 2.16. The van der Waals surface area contributed by atoms with Gasteiger partial charge in [0, 0.05) is 16.0 Å². The number of rotatable bonds is 2. The van der Waals surface area contributed by atoms with Gasteiger partial charge in [-0.05, 0) is 28.9 Å². The van der Waals surface area contributed by atoms with E-state index in [1.54, 1.807) is 18.4 Å². The van der Waals surface area contributed by atoms with Gasteiger partial charge in [0.15, 0.2) is 0 Å². The second-order valence-electron chi connectivity index (χ2n) is 3.39. The molecule has 0 bridgehead atoms. The Morgan fingerprint density at radius 3 is 2.82 bits per heavy atom. The fraction of sp³-hybridized carbons (Fsp3) is 0.0833. The Morgan fingerprint density at radius 1 is 1.47 bits per heavy atom. The van der Waals surface area contributed by atoms with Crippen LogP contribution in [0.1, 0.15) is 5.56 Å². The van der Waals surface area contributed by atoms with Crippen LogP contribution in [-0.4, -0.2) is 10.8 Å². The molecule has 0 aliphatic rings. The van der Waals surface area contributed by atoms with Crippen LogP contribution in [0, 0.1) is 11.3 Å². The number of thiophene rings is 1. The maximum atomic E-state index is 11.5. The summed E-state index contributed by atoms with van der Waals surface area (Å²) in [5, 5.41) is 11.6. The van der Waals surface area contributed by atoms with Crippen molar-refractivity contribution in [1.82, 2.24) is 0 Å². The third kappa shape index (κ3) is 2.48. The monoisotopic (exact) mass is 281 g/mol. The van der Waals surface area contributed by atoms with Crippen molar-refractivity contribution in [1.29, 1.82) is 5.26 Å². The maximum Gasteiger partial charge on any atom is 0.224 e. The molecule has 0 saturated carbocycles. The van der Waals surface area contributed by atoms with Crippen LogP contribution in [0.25, 0.3) is 11.1 Å². The predicted octanol–water partition coefficient (Wildman–Crippen LogP) is 3.68. The highest BCUT2D eigenvalue weighted by molar-refractivity contribution is 7.92. The van der Waals surface area contributed by atoms with Crippen LogP contribution in [-0.2, 0) is 11.2 Å². The molecule has 1 heterocycles. The first-order valence-electron chi connectivity index (χ1n) is 4.74. The second kappa shape index (κ2) is 5.11. The van der Waals surface area contributed by atoms with E-state index in [0.29, 0.717) is 14.8 Å². The minimum Gasteiger partial charge on any atom is -0.611 e. The molecule has 0 fully saturated rings. The summed E-state index contributed by atoms with van der Waals surface area (Å²) < 4.78 is 12.1. The summed E-state index contributed by atoms with van der Waals surface area (Å²) in [5.74, 6) is 0. The summed E-state index contributed by atoms with van der Waals surface area (Å²) in [7, 11) is 0. The molecule has 2 aromatic rings. The van der Waals surface area contributed by atoms with Crippen LogP contribution >= 0.6 is 22.9 Å². The molecular weight excluding hydrogens is 274 g/mol. The second-order valence-corrected chi connectivity index (χ2v) is 6.28. The van der Waals surface area contributed by atoms with Crippen molar-refractivity contribution in [3.05, 3.63) is 40.2 Å². The van der Waals surface area contributed by atoms with Crippen molar-refractivity contribution in [2.75, 3.05) is 6.26 Å². The minimum atomic E-state index is -1.14. The zero-order valence-electron chi connectivity index (χ0n) is 8.94. The topological polar surface area (TPSA) is 46.8 Å². The molecule has 5 heteroatoms. The zero-order valence-corrected chi connectivity index (χ0v) is 11.3. The summed E-state index contributed by atoms with van der Waals surface area (Å²) >= 11 is 6.13. The zero-order chi connectivity index (χ0) is 12.4. The molecule has 2 rings (SSSR count). The van der Waals surface area contributed by atoms with Crippen molar-refractivity contribution < 1.29 is 4.55 Å². The first-order valence-corrected chi connectivity index (χ1v) is 7.56. The van der Waals surface area contributed by atoms with Crippen molar-refractivity contribution in [3.63, 3.8) is 0 Å². The summed E-state index contributed by atoms with van der Waals surface area (Å²) in [4.78, 5) is 0. The molecule has 0 N–H and O–H groups in total. The van der Waals surface area contributed by atoms with Crippen LogP contribution in [0.15, 0.2) is 33.9 Å². The van der Waals surface area contributed by atoms with Gasteiger partial charge in [-0.2, -0.15) is 5.26 Å². The fourth-order valence-corrected chi connectivity index (χ4v) is 3.60. The highest BCUT2D eigenvalue weighted by Gasteiger charge is 2.19. The van der Waals surface area contributed by atoms with Crippen molar-refractivity contribution in [3.8, 4) is 17.2 Å². The van der Waals surface area contributed by atoms with Gasteiger partial charge >= 0.3 is 0 Å².